The smallest absolute Gasteiger partial charge is 0.248 e. The van der Waals surface area contributed by atoms with Gasteiger partial charge in [0, 0.05) is 16.6 Å². The molecule has 7 heteroatoms. The van der Waals surface area contributed by atoms with Crippen molar-refractivity contribution in [2.45, 2.75) is 12.3 Å². The molecule has 0 saturated heterocycles. The molecule has 0 saturated carbocycles. The first-order valence-corrected chi connectivity index (χ1v) is 7.19. The topological polar surface area (TPSA) is 85.1 Å². The third kappa shape index (κ3) is 3.79. The molecule has 3 N–H and O–H groups in total. The predicted molar refractivity (Wildman–Crippen MR) is 79.0 cm³/mol. The van der Waals surface area contributed by atoms with Crippen LogP contribution >= 0.6 is 22.9 Å². The minimum atomic E-state index is -0.501. The molecule has 0 radical (unpaired) electrons. The highest BCUT2D eigenvalue weighted by molar-refractivity contribution is 7.09. The van der Waals surface area contributed by atoms with E-state index in [4.69, 9.17) is 17.3 Å². The molecule has 5 nitrogen and oxygen atoms in total. The molecule has 0 aliphatic carbocycles. The number of carbonyl (C=O) groups excluding carboxylic acids is 2. The summed E-state index contributed by atoms with van der Waals surface area (Å²) >= 11 is 7.05. The number of halogens is 1. The number of hydrogen-bond donors (Lipinski definition) is 2. The number of thiazole rings is 1. The molecule has 2 rings (SSSR count). The van der Waals surface area contributed by atoms with Gasteiger partial charge in [-0.25, -0.2) is 4.98 Å². The second-order valence-electron chi connectivity index (χ2n) is 4.03. The fourth-order valence-corrected chi connectivity index (χ4v) is 2.57. The van der Waals surface area contributed by atoms with E-state index in [1.165, 1.54) is 11.3 Å². The van der Waals surface area contributed by atoms with E-state index in [1.807, 2.05) is 5.38 Å². The summed E-state index contributed by atoms with van der Waals surface area (Å²) in [7, 11) is 0. The molecule has 0 fully saturated rings. The van der Waals surface area contributed by atoms with Crippen molar-refractivity contribution in [3.63, 3.8) is 0 Å². The van der Waals surface area contributed by atoms with Crippen LogP contribution in [-0.2, 0) is 17.1 Å². The molecule has 1 aromatic carbocycles. The Labute approximate surface area is 124 Å². The normalized spacial score (nSPS) is 10.2. The lowest BCUT2D eigenvalue weighted by Gasteiger charge is -2.04. The van der Waals surface area contributed by atoms with Crippen LogP contribution in [0.4, 0.5) is 5.69 Å². The van der Waals surface area contributed by atoms with E-state index in [0.717, 1.165) is 5.69 Å². The molecule has 20 heavy (non-hydrogen) atoms. The van der Waals surface area contributed by atoms with Crippen molar-refractivity contribution in [3.8, 4) is 0 Å². The zero-order chi connectivity index (χ0) is 14.5. The van der Waals surface area contributed by atoms with Crippen LogP contribution in [-0.4, -0.2) is 16.8 Å². The van der Waals surface area contributed by atoms with E-state index in [0.29, 0.717) is 22.1 Å². The average Bonchev–Trinajstić information content (AvgIpc) is 2.86. The van der Waals surface area contributed by atoms with Crippen LogP contribution in [0, 0.1) is 0 Å². The van der Waals surface area contributed by atoms with Gasteiger partial charge in [0.1, 0.15) is 5.01 Å². The Morgan fingerprint density at radius 1 is 1.30 bits per heavy atom. The second kappa shape index (κ2) is 6.49. The Hall–Kier alpha value is -1.92. The van der Waals surface area contributed by atoms with Crippen molar-refractivity contribution >= 4 is 40.4 Å². The molecule has 0 aliphatic rings. The summed E-state index contributed by atoms with van der Waals surface area (Å²) in [5.41, 5.74) is 6.91. The van der Waals surface area contributed by atoms with Crippen LogP contribution in [0.25, 0.3) is 0 Å². The van der Waals surface area contributed by atoms with E-state index in [9.17, 15) is 9.59 Å². The van der Waals surface area contributed by atoms with Crippen molar-refractivity contribution in [1.29, 1.82) is 0 Å². The average molecular weight is 310 g/mol. The fraction of sp³-hybridized carbons (Fsp3) is 0.154. The number of hydrogen-bond acceptors (Lipinski definition) is 4. The number of anilines is 1. The number of rotatable bonds is 5. The Kier molecular flexibility index (Phi) is 4.70. The molecule has 104 valence electrons. The van der Waals surface area contributed by atoms with E-state index >= 15 is 0 Å². The minimum Gasteiger partial charge on any atom is -0.366 e. The van der Waals surface area contributed by atoms with E-state index in [2.05, 4.69) is 10.3 Å². The molecule has 0 aliphatic heterocycles. The fourth-order valence-electron chi connectivity index (χ4n) is 1.55. The van der Waals surface area contributed by atoms with Crippen LogP contribution in [0.15, 0.2) is 29.6 Å². The summed E-state index contributed by atoms with van der Waals surface area (Å²) in [5, 5.41) is 5.27. The number of aromatic nitrogens is 1. The van der Waals surface area contributed by atoms with Crippen LogP contribution < -0.4 is 11.1 Å². The highest BCUT2D eigenvalue weighted by Crippen LogP contribution is 2.14. The van der Waals surface area contributed by atoms with Crippen molar-refractivity contribution in [2.75, 3.05) is 5.32 Å². The number of benzene rings is 1. The highest BCUT2D eigenvalue weighted by atomic mass is 35.5. The van der Waals surface area contributed by atoms with Gasteiger partial charge in [0.15, 0.2) is 0 Å². The van der Waals surface area contributed by atoms with Gasteiger partial charge in [-0.05, 0) is 24.3 Å². The van der Waals surface area contributed by atoms with Crippen LogP contribution in [0.5, 0.6) is 0 Å². The third-order valence-corrected chi connectivity index (χ3v) is 3.67. The molecular weight excluding hydrogens is 298 g/mol. The lowest BCUT2D eigenvalue weighted by molar-refractivity contribution is -0.115. The summed E-state index contributed by atoms with van der Waals surface area (Å²) in [6.07, 6.45) is 0.194. The van der Waals surface area contributed by atoms with Gasteiger partial charge in [0.05, 0.1) is 18.0 Å². The van der Waals surface area contributed by atoms with Gasteiger partial charge in [-0.15, -0.1) is 22.9 Å². The number of alkyl halides is 1. The zero-order valence-corrected chi connectivity index (χ0v) is 12.0. The summed E-state index contributed by atoms with van der Waals surface area (Å²) in [5.74, 6) is -0.334. The standard InChI is InChI=1S/C13H12ClN3O2S/c14-6-10-7-20-12(17-10)5-11(18)16-9-3-1-8(2-4-9)13(15)19/h1-4,7H,5-6H2,(H2,15,19)(H,16,18). The quantitative estimate of drug-likeness (QED) is 0.830. The SMILES string of the molecule is NC(=O)c1ccc(NC(=O)Cc2nc(CCl)cs2)cc1. The van der Waals surface area contributed by atoms with Crippen molar-refractivity contribution in [1.82, 2.24) is 4.98 Å². The second-order valence-corrected chi connectivity index (χ2v) is 5.24. The third-order valence-electron chi connectivity index (χ3n) is 2.50. The number of amides is 2. The van der Waals surface area contributed by atoms with Gasteiger partial charge in [-0.3, -0.25) is 9.59 Å². The van der Waals surface area contributed by atoms with Crippen LogP contribution in [0.1, 0.15) is 21.1 Å². The number of nitrogens with two attached hydrogens (primary N) is 1. The number of carbonyl (C=O) groups is 2. The lowest BCUT2D eigenvalue weighted by atomic mass is 10.2. The van der Waals surface area contributed by atoms with Gasteiger partial charge < -0.3 is 11.1 Å². The first-order valence-electron chi connectivity index (χ1n) is 5.77. The minimum absolute atomic E-state index is 0.174. The summed E-state index contributed by atoms with van der Waals surface area (Å²) < 4.78 is 0. The zero-order valence-electron chi connectivity index (χ0n) is 10.4. The van der Waals surface area contributed by atoms with Gasteiger partial charge in [0.25, 0.3) is 0 Å². The molecule has 0 bridgehead atoms. The Morgan fingerprint density at radius 2 is 2.00 bits per heavy atom. The maximum absolute atomic E-state index is 11.8. The Balaban J connectivity index is 1.95. The summed E-state index contributed by atoms with van der Waals surface area (Å²) in [6, 6.07) is 6.38. The van der Waals surface area contributed by atoms with E-state index < -0.39 is 5.91 Å². The largest absolute Gasteiger partial charge is 0.366 e. The predicted octanol–water partition coefficient (Wildman–Crippen LogP) is 2.16. The highest BCUT2D eigenvalue weighted by Gasteiger charge is 2.08. The van der Waals surface area contributed by atoms with Crippen molar-refractivity contribution < 1.29 is 9.59 Å². The molecule has 2 aromatic rings. The number of primary amides is 1. The molecule has 0 unspecified atom stereocenters. The van der Waals surface area contributed by atoms with Crippen molar-refractivity contribution in [2.24, 2.45) is 5.73 Å². The van der Waals surface area contributed by atoms with E-state index in [1.54, 1.807) is 24.3 Å². The summed E-state index contributed by atoms with van der Waals surface area (Å²) in [4.78, 5) is 27.0. The van der Waals surface area contributed by atoms with Crippen LogP contribution in [0.2, 0.25) is 0 Å². The maximum Gasteiger partial charge on any atom is 0.248 e. The molecule has 0 spiro atoms. The Bertz CT molecular complexity index is 625. The Morgan fingerprint density at radius 3 is 2.55 bits per heavy atom. The number of nitrogens with zero attached hydrogens (tertiary/aromatic N) is 1. The monoisotopic (exact) mass is 309 g/mol. The molecule has 0 atom stereocenters. The van der Waals surface area contributed by atoms with Gasteiger partial charge in [-0.2, -0.15) is 0 Å². The molecule has 1 aromatic heterocycles. The van der Waals surface area contributed by atoms with Gasteiger partial charge in [-0.1, -0.05) is 0 Å². The van der Waals surface area contributed by atoms with Gasteiger partial charge >= 0.3 is 0 Å². The molecular formula is C13H12ClN3O2S. The first-order chi connectivity index (χ1) is 9.58. The van der Waals surface area contributed by atoms with Gasteiger partial charge in [0.2, 0.25) is 11.8 Å². The molecule has 1 heterocycles. The lowest BCUT2D eigenvalue weighted by Crippen LogP contribution is -2.15. The maximum atomic E-state index is 11.8. The first kappa shape index (κ1) is 14.5. The summed E-state index contributed by atoms with van der Waals surface area (Å²) in [6.45, 7) is 0. The van der Waals surface area contributed by atoms with E-state index in [-0.39, 0.29) is 12.3 Å². The number of nitrogens with one attached hydrogen (secondary N) is 1. The van der Waals surface area contributed by atoms with Crippen molar-refractivity contribution in [3.05, 3.63) is 45.9 Å². The van der Waals surface area contributed by atoms with Crippen LogP contribution in [0.3, 0.4) is 0 Å². The molecule has 2 amide bonds.